The Kier molecular flexibility index (Phi) is 4.93. The number of nitrogens with one attached hydrogen (secondary N) is 1. The highest BCUT2D eigenvalue weighted by atomic mass is 35.5. The molecule has 0 aliphatic heterocycles. The number of ether oxygens (including phenoxy) is 2. The topological polar surface area (TPSA) is 64.2 Å². The zero-order valence-electron chi connectivity index (χ0n) is 15.1. The Bertz CT molecular complexity index is 1100. The second-order valence-corrected chi connectivity index (χ2v) is 7.78. The van der Waals surface area contributed by atoms with E-state index in [0.717, 1.165) is 40.6 Å². The predicted octanol–water partition coefficient (Wildman–Crippen LogP) is 4.62. The summed E-state index contributed by atoms with van der Waals surface area (Å²) in [6.45, 7) is 2.48. The van der Waals surface area contributed by atoms with Crippen molar-refractivity contribution in [1.29, 1.82) is 0 Å². The number of hydrogen-bond donors (Lipinski definition) is 1. The molecule has 1 N–H and O–H groups in total. The highest BCUT2D eigenvalue weighted by molar-refractivity contribution is 7.18. The number of H-pyrrole nitrogens is 1. The summed E-state index contributed by atoms with van der Waals surface area (Å²) < 4.78 is 10.9. The van der Waals surface area contributed by atoms with E-state index >= 15 is 0 Å². The van der Waals surface area contributed by atoms with E-state index in [1.807, 2.05) is 25.1 Å². The number of fused-ring (bicyclic) bond motifs is 3. The standard InChI is InChI=1S/C20H19ClN2O3S/c1-3-26-14-8-7-11(10-15(14)25-2)9-13(21)18-22-19(24)17-12-5-4-6-16(12)27-20(17)23-18/h7-10H,3-6H2,1-2H3,(H,22,23,24)/b13-9-. The van der Waals surface area contributed by atoms with Crippen molar-refractivity contribution in [2.75, 3.05) is 13.7 Å². The molecule has 3 aromatic rings. The molecule has 5 nitrogen and oxygen atoms in total. The molecule has 1 aliphatic rings. The summed E-state index contributed by atoms with van der Waals surface area (Å²) in [5.74, 6) is 1.68. The van der Waals surface area contributed by atoms with Crippen LogP contribution in [0.2, 0.25) is 0 Å². The third-order valence-corrected chi connectivity index (χ3v) is 6.06. The lowest BCUT2D eigenvalue weighted by molar-refractivity contribution is 0.311. The Balaban J connectivity index is 1.72. The molecule has 7 heteroatoms. The number of hydrogen-bond acceptors (Lipinski definition) is 5. The van der Waals surface area contributed by atoms with Gasteiger partial charge in [-0.15, -0.1) is 11.3 Å². The number of aromatic nitrogens is 2. The van der Waals surface area contributed by atoms with Crippen molar-refractivity contribution in [3.05, 3.63) is 50.4 Å². The molecule has 0 saturated heterocycles. The zero-order valence-corrected chi connectivity index (χ0v) is 16.7. The third kappa shape index (κ3) is 3.35. The first-order valence-electron chi connectivity index (χ1n) is 8.83. The lowest BCUT2D eigenvalue weighted by atomic mass is 10.2. The summed E-state index contributed by atoms with van der Waals surface area (Å²) in [6.07, 6.45) is 4.85. The van der Waals surface area contributed by atoms with Crippen LogP contribution in [-0.4, -0.2) is 23.7 Å². The summed E-state index contributed by atoms with van der Waals surface area (Å²) in [5, 5.41) is 1.09. The van der Waals surface area contributed by atoms with E-state index in [9.17, 15) is 4.79 Å². The first kappa shape index (κ1) is 18.1. The van der Waals surface area contributed by atoms with Gasteiger partial charge in [-0.25, -0.2) is 4.98 Å². The first-order chi connectivity index (χ1) is 13.1. The Morgan fingerprint density at radius 3 is 3.00 bits per heavy atom. The number of benzene rings is 1. The molecule has 0 bridgehead atoms. The molecule has 0 radical (unpaired) electrons. The van der Waals surface area contributed by atoms with Crippen LogP contribution >= 0.6 is 22.9 Å². The van der Waals surface area contributed by atoms with Crippen LogP contribution in [0.5, 0.6) is 11.5 Å². The van der Waals surface area contributed by atoms with Gasteiger partial charge in [0.1, 0.15) is 4.83 Å². The maximum Gasteiger partial charge on any atom is 0.260 e. The normalized spacial score (nSPS) is 13.8. The Morgan fingerprint density at radius 2 is 2.22 bits per heavy atom. The number of thiophene rings is 1. The molecule has 2 aromatic heterocycles. The molecule has 0 saturated carbocycles. The molecule has 27 heavy (non-hydrogen) atoms. The van der Waals surface area contributed by atoms with Crippen LogP contribution in [0, 0.1) is 0 Å². The van der Waals surface area contributed by atoms with Crippen molar-refractivity contribution in [2.45, 2.75) is 26.2 Å². The molecule has 140 valence electrons. The monoisotopic (exact) mass is 402 g/mol. The van der Waals surface area contributed by atoms with E-state index in [1.54, 1.807) is 24.5 Å². The van der Waals surface area contributed by atoms with Gasteiger partial charge in [0.2, 0.25) is 0 Å². The second kappa shape index (κ2) is 7.37. The second-order valence-electron chi connectivity index (χ2n) is 6.29. The van der Waals surface area contributed by atoms with Gasteiger partial charge in [0, 0.05) is 4.88 Å². The van der Waals surface area contributed by atoms with Crippen molar-refractivity contribution < 1.29 is 9.47 Å². The van der Waals surface area contributed by atoms with Crippen LogP contribution in [0.1, 0.15) is 35.2 Å². The van der Waals surface area contributed by atoms with E-state index in [0.29, 0.717) is 29.0 Å². The van der Waals surface area contributed by atoms with E-state index in [2.05, 4.69) is 9.97 Å². The smallest absolute Gasteiger partial charge is 0.260 e. The van der Waals surface area contributed by atoms with Crippen molar-refractivity contribution in [3.8, 4) is 11.5 Å². The molecule has 0 spiro atoms. The predicted molar refractivity (Wildman–Crippen MR) is 110 cm³/mol. The molecule has 0 atom stereocenters. The quantitative estimate of drug-likeness (QED) is 0.676. The average molecular weight is 403 g/mol. The summed E-state index contributed by atoms with van der Waals surface area (Å²) in [7, 11) is 1.59. The molecular formula is C20H19ClN2O3S. The van der Waals surface area contributed by atoms with Gasteiger partial charge in [0.05, 0.1) is 24.1 Å². The number of nitrogens with zero attached hydrogens (tertiary/aromatic N) is 1. The zero-order chi connectivity index (χ0) is 19.0. The van der Waals surface area contributed by atoms with Gasteiger partial charge in [0.15, 0.2) is 17.3 Å². The SMILES string of the molecule is CCOc1ccc(/C=C(\Cl)c2nc3sc4c(c3c(=O)[nH]2)CCC4)cc1OC. The fourth-order valence-corrected chi connectivity index (χ4v) is 4.86. The van der Waals surface area contributed by atoms with Crippen molar-refractivity contribution >= 4 is 44.3 Å². The molecule has 0 fully saturated rings. The van der Waals surface area contributed by atoms with Crippen LogP contribution in [0.15, 0.2) is 23.0 Å². The third-order valence-electron chi connectivity index (χ3n) is 4.58. The lowest BCUT2D eigenvalue weighted by Gasteiger charge is -2.09. The summed E-state index contributed by atoms with van der Waals surface area (Å²) in [5.41, 5.74) is 1.87. The molecular weight excluding hydrogens is 384 g/mol. The minimum atomic E-state index is -0.120. The molecule has 1 aliphatic carbocycles. The average Bonchev–Trinajstić information content (AvgIpc) is 3.23. The Labute approximate surface area is 165 Å². The van der Waals surface area contributed by atoms with Gasteiger partial charge in [0.25, 0.3) is 5.56 Å². The van der Waals surface area contributed by atoms with Gasteiger partial charge in [-0.3, -0.25) is 4.79 Å². The van der Waals surface area contributed by atoms with Gasteiger partial charge in [-0.1, -0.05) is 17.7 Å². The molecule has 4 rings (SSSR count). The fourth-order valence-electron chi connectivity index (χ4n) is 3.38. The minimum Gasteiger partial charge on any atom is -0.493 e. The summed E-state index contributed by atoms with van der Waals surface area (Å²) in [4.78, 5) is 22.0. The maximum atomic E-state index is 12.6. The molecule has 0 amide bonds. The molecule has 2 heterocycles. The van der Waals surface area contributed by atoms with Crippen LogP contribution in [0.3, 0.4) is 0 Å². The van der Waals surface area contributed by atoms with Crippen LogP contribution in [0.4, 0.5) is 0 Å². The van der Waals surface area contributed by atoms with Crippen LogP contribution < -0.4 is 15.0 Å². The van der Waals surface area contributed by atoms with Crippen molar-refractivity contribution in [1.82, 2.24) is 9.97 Å². The number of rotatable bonds is 5. The largest absolute Gasteiger partial charge is 0.493 e. The summed E-state index contributed by atoms with van der Waals surface area (Å²) in [6, 6.07) is 5.55. The van der Waals surface area contributed by atoms with Crippen LogP contribution in [-0.2, 0) is 12.8 Å². The highest BCUT2D eigenvalue weighted by Crippen LogP contribution is 2.35. The lowest BCUT2D eigenvalue weighted by Crippen LogP contribution is -2.10. The van der Waals surface area contributed by atoms with Crippen LogP contribution in [0.25, 0.3) is 21.3 Å². The minimum absolute atomic E-state index is 0.120. The number of aryl methyl sites for hydroxylation is 2. The van der Waals surface area contributed by atoms with Gasteiger partial charge < -0.3 is 14.5 Å². The van der Waals surface area contributed by atoms with Gasteiger partial charge >= 0.3 is 0 Å². The highest BCUT2D eigenvalue weighted by Gasteiger charge is 2.21. The van der Waals surface area contributed by atoms with Crippen molar-refractivity contribution in [2.24, 2.45) is 0 Å². The van der Waals surface area contributed by atoms with E-state index in [1.165, 1.54) is 4.88 Å². The number of methoxy groups -OCH3 is 1. The maximum absolute atomic E-state index is 12.6. The molecule has 1 aromatic carbocycles. The van der Waals surface area contributed by atoms with E-state index in [-0.39, 0.29) is 5.56 Å². The van der Waals surface area contributed by atoms with Gasteiger partial charge in [-0.2, -0.15) is 0 Å². The molecule has 0 unspecified atom stereocenters. The Hall–Kier alpha value is -2.31. The van der Waals surface area contributed by atoms with Crippen molar-refractivity contribution in [3.63, 3.8) is 0 Å². The van der Waals surface area contributed by atoms with E-state index in [4.69, 9.17) is 21.1 Å². The number of halogens is 1. The number of aromatic amines is 1. The fraction of sp³-hybridized carbons (Fsp3) is 0.300. The van der Waals surface area contributed by atoms with Gasteiger partial charge in [-0.05, 0) is 55.5 Å². The first-order valence-corrected chi connectivity index (χ1v) is 10.0. The van der Waals surface area contributed by atoms with E-state index < -0.39 is 0 Å². The Morgan fingerprint density at radius 1 is 1.37 bits per heavy atom. The summed E-state index contributed by atoms with van der Waals surface area (Å²) >= 11 is 8.06.